The molecule has 0 saturated heterocycles. The summed E-state index contributed by atoms with van der Waals surface area (Å²) in [5.41, 5.74) is 3.23. The van der Waals surface area contributed by atoms with Crippen molar-refractivity contribution < 1.29 is 0 Å². The lowest BCUT2D eigenvalue weighted by Crippen LogP contribution is -2.36. The van der Waals surface area contributed by atoms with Crippen molar-refractivity contribution in [1.82, 2.24) is 9.80 Å². The van der Waals surface area contributed by atoms with Gasteiger partial charge in [-0.3, -0.25) is 0 Å². The molecule has 0 aliphatic heterocycles. The van der Waals surface area contributed by atoms with Crippen molar-refractivity contribution in [2.75, 3.05) is 32.5 Å². The maximum absolute atomic E-state index is 6.22. The molecule has 1 N–H and O–H groups in total. The van der Waals surface area contributed by atoms with Crippen LogP contribution in [0.15, 0.2) is 48.5 Å². The van der Waals surface area contributed by atoms with Crippen molar-refractivity contribution in [2.24, 2.45) is 0 Å². The first-order valence-electron chi connectivity index (χ1n) is 8.46. The van der Waals surface area contributed by atoms with E-state index in [2.05, 4.69) is 53.5 Å². The van der Waals surface area contributed by atoms with Gasteiger partial charge < -0.3 is 15.1 Å². The highest BCUT2D eigenvalue weighted by atomic mass is 35.5. The average Bonchev–Trinajstić information content (AvgIpc) is 2.58. The van der Waals surface area contributed by atoms with Crippen LogP contribution in [0.3, 0.4) is 0 Å². The Labute approximate surface area is 161 Å². The van der Waals surface area contributed by atoms with E-state index >= 15 is 0 Å². The van der Waals surface area contributed by atoms with Crippen molar-refractivity contribution in [3.05, 3.63) is 64.7 Å². The number of nitrogens with one attached hydrogen (secondary N) is 1. The van der Waals surface area contributed by atoms with Crippen LogP contribution in [0.5, 0.6) is 0 Å². The largest absolute Gasteiger partial charge is 0.345 e. The van der Waals surface area contributed by atoms with Gasteiger partial charge in [0.15, 0.2) is 5.11 Å². The SMILES string of the molecule is Cc1ccc(NC(=S)N(CCCN(C)C)Cc2ccccc2)cc1Cl. The number of hydrogen-bond donors (Lipinski definition) is 1. The van der Waals surface area contributed by atoms with Gasteiger partial charge in [-0.25, -0.2) is 0 Å². The zero-order valence-corrected chi connectivity index (χ0v) is 16.7. The number of thiocarbonyl (C=S) groups is 1. The Morgan fingerprint density at radius 2 is 1.80 bits per heavy atom. The molecule has 0 radical (unpaired) electrons. The number of halogens is 1. The van der Waals surface area contributed by atoms with Gasteiger partial charge in [0.05, 0.1) is 0 Å². The van der Waals surface area contributed by atoms with Gasteiger partial charge in [0.25, 0.3) is 0 Å². The molecule has 3 nitrogen and oxygen atoms in total. The smallest absolute Gasteiger partial charge is 0.173 e. The number of rotatable bonds is 7. The van der Waals surface area contributed by atoms with E-state index in [4.69, 9.17) is 23.8 Å². The zero-order chi connectivity index (χ0) is 18.2. The maximum atomic E-state index is 6.22. The second-order valence-corrected chi connectivity index (χ2v) is 7.25. The first-order valence-corrected chi connectivity index (χ1v) is 9.25. The molecule has 0 bridgehead atoms. The van der Waals surface area contributed by atoms with Crippen LogP contribution >= 0.6 is 23.8 Å². The standard InChI is InChI=1S/C20H26ClN3S/c1-16-10-11-18(14-19(16)21)22-20(25)24(13-7-12-23(2)3)15-17-8-5-4-6-9-17/h4-6,8-11,14H,7,12-13,15H2,1-3H3,(H,22,25). The minimum Gasteiger partial charge on any atom is -0.345 e. The van der Waals surface area contributed by atoms with Crippen molar-refractivity contribution in [3.8, 4) is 0 Å². The van der Waals surface area contributed by atoms with Crippen LogP contribution in [0.25, 0.3) is 0 Å². The van der Waals surface area contributed by atoms with Crippen LogP contribution in [0.4, 0.5) is 5.69 Å². The first-order chi connectivity index (χ1) is 12.0. The van der Waals surface area contributed by atoms with Crippen LogP contribution < -0.4 is 5.32 Å². The lowest BCUT2D eigenvalue weighted by molar-refractivity contribution is 0.346. The number of aryl methyl sites for hydroxylation is 1. The predicted octanol–water partition coefficient (Wildman–Crippen LogP) is 4.80. The summed E-state index contributed by atoms with van der Waals surface area (Å²) in [5, 5.41) is 4.80. The molecule has 0 amide bonds. The molecule has 134 valence electrons. The number of anilines is 1. The molecule has 0 fully saturated rings. The molecule has 0 saturated carbocycles. The average molecular weight is 376 g/mol. The predicted molar refractivity (Wildman–Crippen MR) is 112 cm³/mol. The van der Waals surface area contributed by atoms with E-state index < -0.39 is 0 Å². The van der Waals surface area contributed by atoms with Gasteiger partial charge in [-0.1, -0.05) is 48.0 Å². The normalized spacial score (nSPS) is 10.8. The summed E-state index contributed by atoms with van der Waals surface area (Å²) in [6, 6.07) is 16.3. The van der Waals surface area contributed by atoms with Crippen molar-refractivity contribution in [2.45, 2.75) is 19.9 Å². The summed E-state index contributed by atoms with van der Waals surface area (Å²) in [6.45, 7) is 4.72. The van der Waals surface area contributed by atoms with Crippen LogP contribution in [-0.4, -0.2) is 42.1 Å². The molecule has 0 aliphatic carbocycles. The Hall–Kier alpha value is -1.62. The zero-order valence-electron chi connectivity index (χ0n) is 15.1. The van der Waals surface area contributed by atoms with Crippen molar-refractivity contribution >= 4 is 34.6 Å². The van der Waals surface area contributed by atoms with Crippen molar-refractivity contribution in [1.29, 1.82) is 0 Å². The highest BCUT2D eigenvalue weighted by Gasteiger charge is 2.11. The Balaban J connectivity index is 2.06. The quantitative estimate of drug-likeness (QED) is 0.700. The van der Waals surface area contributed by atoms with E-state index in [9.17, 15) is 0 Å². The topological polar surface area (TPSA) is 18.5 Å². The van der Waals surface area contributed by atoms with Gasteiger partial charge in [0.2, 0.25) is 0 Å². The summed E-state index contributed by atoms with van der Waals surface area (Å²) >= 11 is 11.9. The summed E-state index contributed by atoms with van der Waals surface area (Å²) in [5.74, 6) is 0. The third-order valence-electron chi connectivity index (χ3n) is 3.96. The van der Waals surface area contributed by atoms with Crippen LogP contribution in [0, 0.1) is 6.92 Å². The highest BCUT2D eigenvalue weighted by molar-refractivity contribution is 7.80. The molecule has 0 spiro atoms. The maximum Gasteiger partial charge on any atom is 0.173 e. The fraction of sp³-hybridized carbons (Fsp3) is 0.350. The van der Waals surface area contributed by atoms with Crippen LogP contribution in [-0.2, 0) is 6.54 Å². The Morgan fingerprint density at radius 1 is 1.08 bits per heavy atom. The van der Waals surface area contributed by atoms with Crippen LogP contribution in [0.2, 0.25) is 5.02 Å². The summed E-state index contributed by atoms with van der Waals surface area (Å²) in [7, 11) is 4.18. The van der Waals surface area contributed by atoms with Crippen LogP contribution in [0.1, 0.15) is 17.5 Å². The molecule has 5 heteroatoms. The highest BCUT2D eigenvalue weighted by Crippen LogP contribution is 2.20. The second kappa shape index (κ2) is 9.76. The molecular weight excluding hydrogens is 350 g/mol. The van der Waals surface area contributed by atoms with Gasteiger partial charge in [-0.2, -0.15) is 0 Å². The lowest BCUT2D eigenvalue weighted by Gasteiger charge is -2.27. The molecule has 0 unspecified atom stereocenters. The van der Waals surface area contributed by atoms with Gasteiger partial charge in [-0.05, 0) is 69.5 Å². The molecule has 25 heavy (non-hydrogen) atoms. The summed E-state index contributed by atoms with van der Waals surface area (Å²) in [6.07, 6.45) is 1.05. The molecule has 2 aromatic carbocycles. The molecule has 0 atom stereocenters. The fourth-order valence-electron chi connectivity index (χ4n) is 2.51. The number of nitrogens with zero attached hydrogens (tertiary/aromatic N) is 2. The van der Waals surface area contributed by atoms with E-state index in [1.165, 1.54) is 5.56 Å². The van der Waals surface area contributed by atoms with Crippen molar-refractivity contribution in [3.63, 3.8) is 0 Å². The Bertz CT molecular complexity index is 689. The molecule has 2 aromatic rings. The number of benzene rings is 2. The summed E-state index contributed by atoms with van der Waals surface area (Å²) < 4.78 is 0. The van der Waals surface area contributed by atoms with E-state index in [1.807, 2.05) is 31.2 Å². The van der Waals surface area contributed by atoms with Gasteiger partial charge >= 0.3 is 0 Å². The Kier molecular flexibility index (Phi) is 7.69. The van der Waals surface area contributed by atoms with Gasteiger partial charge in [-0.15, -0.1) is 0 Å². The molecule has 0 aromatic heterocycles. The van der Waals surface area contributed by atoms with Gasteiger partial charge in [0, 0.05) is 23.8 Å². The van der Waals surface area contributed by atoms with E-state index in [0.29, 0.717) is 0 Å². The monoisotopic (exact) mass is 375 g/mol. The Morgan fingerprint density at radius 3 is 2.44 bits per heavy atom. The second-order valence-electron chi connectivity index (χ2n) is 6.46. The fourth-order valence-corrected chi connectivity index (χ4v) is 2.96. The first kappa shape index (κ1) is 19.7. The summed E-state index contributed by atoms with van der Waals surface area (Å²) in [4.78, 5) is 4.40. The molecule has 0 heterocycles. The van der Waals surface area contributed by atoms with E-state index in [-0.39, 0.29) is 0 Å². The molecular formula is C20H26ClN3S. The molecule has 2 rings (SSSR count). The van der Waals surface area contributed by atoms with Gasteiger partial charge in [0.1, 0.15) is 0 Å². The minimum absolute atomic E-state index is 0.725. The molecule has 0 aliphatic rings. The van der Waals surface area contributed by atoms with E-state index in [0.717, 1.165) is 47.4 Å². The van der Waals surface area contributed by atoms with E-state index in [1.54, 1.807) is 0 Å². The minimum atomic E-state index is 0.725. The third kappa shape index (κ3) is 6.65. The lowest BCUT2D eigenvalue weighted by atomic mass is 10.2. The third-order valence-corrected chi connectivity index (χ3v) is 4.73. The number of hydrogen-bond acceptors (Lipinski definition) is 2.